The highest BCUT2D eigenvalue weighted by Gasteiger charge is 2.09. The number of nitrogens with one attached hydrogen (secondary N) is 1. The number of carbonyl (C=O) groups is 2. The fraction of sp³-hybridized carbons (Fsp3) is 0.278. The first-order chi connectivity index (χ1) is 12.0. The molecule has 7 nitrogen and oxygen atoms in total. The largest absolute Gasteiger partial charge is 0.482 e. The molecule has 0 spiro atoms. The second kappa shape index (κ2) is 8.68. The van der Waals surface area contributed by atoms with Crippen molar-refractivity contribution in [1.82, 2.24) is 4.98 Å². The van der Waals surface area contributed by atoms with Crippen molar-refractivity contribution in [1.29, 1.82) is 0 Å². The van der Waals surface area contributed by atoms with Crippen LogP contribution in [0, 0.1) is 0 Å². The fourth-order valence-electron chi connectivity index (χ4n) is 2.00. The van der Waals surface area contributed by atoms with E-state index in [0.717, 1.165) is 5.82 Å². The van der Waals surface area contributed by atoms with Gasteiger partial charge in [-0.05, 0) is 37.3 Å². The van der Waals surface area contributed by atoms with Gasteiger partial charge >= 0.3 is 5.97 Å². The molecule has 1 amide bonds. The zero-order chi connectivity index (χ0) is 18.2. The number of rotatable bonds is 7. The Morgan fingerprint density at radius 1 is 1.20 bits per heavy atom. The average molecular weight is 343 g/mol. The van der Waals surface area contributed by atoms with E-state index < -0.39 is 5.97 Å². The van der Waals surface area contributed by atoms with E-state index in [1.165, 1.54) is 0 Å². The highest BCUT2D eigenvalue weighted by Crippen LogP contribution is 2.16. The molecule has 0 saturated carbocycles. The van der Waals surface area contributed by atoms with Gasteiger partial charge < -0.3 is 19.7 Å². The number of aromatic nitrogens is 1. The Hall–Kier alpha value is -3.09. The van der Waals surface area contributed by atoms with Crippen LogP contribution in [0.5, 0.6) is 5.75 Å². The number of hydrogen-bond acceptors (Lipinski definition) is 6. The Balaban J connectivity index is 1.99. The summed E-state index contributed by atoms with van der Waals surface area (Å²) < 4.78 is 10.1. The van der Waals surface area contributed by atoms with Crippen molar-refractivity contribution in [3.63, 3.8) is 0 Å². The molecule has 0 fully saturated rings. The summed E-state index contributed by atoms with van der Waals surface area (Å²) in [6, 6.07) is 10.2. The van der Waals surface area contributed by atoms with Crippen molar-refractivity contribution in [3.05, 3.63) is 48.2 Å². The minimum Gasteiger partial charge on any atom is -0.482 e. The van der Waals surface area contributed by atoms with Gasteiger partial charge in [-0.1, -0.05) is 6.07 Å². The zero-order valence-electron chi connectivity index (χ0n) is 14.5. The third kappa shape index (κ3) is 5.49. The van der Waals surface area contributed by atoms with Crippen molar-refractivity contribution in [2.45, 2.75) is 6.92 Å². The van der Waals surface area contributed by atoms with Crippen LogP contribution in [-0.2, 0) is 9.53 Å². The molecule has 0 atom stereocenters. The molecule has 1 N–H and O–H groups in total. The molecule has 0 unspecified atom stereocenters. The Kier molecular flexibility index (Phi) is 6.33. The van der Waals surface area contributed by atoms with Gasteiger partial charge in [0.25, 0.3) is 5.91 Å². The Labute approximate surface area is 146 Å². The topological polar surface area (TPSA) is 80.8 Å². The molecule has 0 aliphatic heterocycles. The molecule has 0 radical (unpaired) electrons. The highest BCUT2D eigenvalue weighted by atomic mass is 16.6. The summed E-state index contributed by atoms with van der Waals surface area (Å²) in [4.78, 5) is 29.8. The second-order valence-corrected chi connectivity index (χ2v) is 5.38. The lowest BCUT2D eigenvalue weighted by Crippen LogP contribution is -2.15. The van der Waals surface area contributed by atoms with Crippen LogP contribution in [0.25, 0.3) is 0 Å². The smallest absolute Gasteiger partial charge is 0.344 e. The van der Waals surface area contributed by atoms with Gasteiger partial charge in [-0.3, -0.25) is 4.79 Å². The van der Waals surface area contributed by atoms with E-state index in [4.69, 9.17) is 9.47 Å². The van der Waals surface area contributed by atoms with Gasteiger partial charge in [0.15, 0.2) is 6.61 Å². The molecule has 0 saturated heterocycles. The van der Waals surface area contributed by atoms with E-state index in [0.29, 0.717) is 23.6 Å². The first-order valence-corrected chi connectivity index (χ1v) is 7.83. The average Bonchev–Trinajstić information content (AvgIpc) is 2.61. The van der Waals surface area contributed by atoms with Crippen LogP contribution in [0.1, 0.15) is 17.3 Å². The lowest BCUT2D eigenvalue weighted by molar-refractivity contribution is -0.145. The van der Waals surface area contributed by atoms with Crippen LogP contribution in [0.2, 0.25) is 0 Å². The maximum absolute atomic E-state index is 12.3. The van der Waals surface area contributed by atoms with Crippen LogP contribution in [-0.4, -0.2) is 44.2 Å². The number of benzene rings is 1. The van der Waals surface area contributed by atoms with Crippen LogP contribution in [0.4, 0.5) is 11.5 Å². The summed E-state index contributed by atoms with van der Waals surface area (Å²) in [5, 5.41) is 2.77. The van der Waals surface area contributed by atoms with E-state index >= 15 is 0 Å². The van der Waals surface area contributed by atoms with E-state index in [1.54, 1.807) is 43.5 Å². The summed E-state index contributed by atoms with van der Waals surface area (Å²) in [7, 11) is 3.78. The van der Waals surface area contributed by atoms with Gasteiger partial charge in [-0.2, -0.15) is 0 Å². The molecule has 1 aromatic carbocycles. The van der Waals surface area contributed by atoms with E-state index in [1.807, 2.05) is 25.1 Å². The molecular formula is C18H21N3O4. The molecule has 0 aliphatic carbocycles. The molecule has 2 rings (SSSR count). The maximum atomic E-state index is 12.3. The SMILES string of the molecule is CCOC(=O)COc1cccc(C(=O)Nc2ccc(N(C)C)nc2)c1. The number of nitrogens with zero attached hydrogens (tertiary/aromatic N) is 2. The van der Waals surface area contributed by atoms with Gasteiger partial charge in [-0.25, -0.2) is 9.78 Å². The normalized spacial score (nSPS) is 10.0. The summed E-state index contributed by atoms with van der Waals surface area (Å²) >= 11 is 0. The number of pyridine rings is 1. The van der Waals surface area contributed by atoms with Crippen molar-refractivity contribution >= 4 is 23.4 Å². The minimum atomic E-state index is -0.454. The Morgan fingerprint density at radius 2 is 2.00 bits per heavy atom. The molecule has 25 heavy (non-hydrogen) atoms. The van der Waals surface area contributed by atoms with Crippen molar-refractivity contribution in [2.24, 2.45) is 0 Å². The molecule has 132 valence electrons. The number of anilines is 2. The lowest BCUT2D eigenvalue weighted by Gasteiger charge is -2.12. The van der Waals surface area contributed by atoms with Crippen molar-refractivity contribution in [3.8, 4) is 5.75 Å². The van der Waals surface area contributed by atoms with E-state index in [2.05, 4.69) is 10.3 Å². The zero-order valence-corrected chi connectivity index (χ0v) is 14.5. The molecule has 7 heteroatoms. The Bertz CT molecular complexity index is 729. The standard InChI is InChI=1S/C18H21N3O4/c1-4-24-17(22)12-25-15-7-5-6-13(10-15)18(23)20-14-8-9-16(19-11-14)21(2)3/h5-11H,4,12H2,1-3H3,(H,20,23). The molecule has 2 aromatic rings. The summed E-state index contributed by atoms with van der Waals surface area (Å²) in [5.41, 5.74) is 1.01. The quantitative estimate of drug-likeness (QED) is 0.777. The second-order valence-electron chi connectivity index (χ2n) is 5.38. The number of amides is 1. The van der Waals surface area contributed by atoms with Gasteiger partial charge in [0.05, 0.1) is 18.5 Å². The van der Waals surface area contributed by atoms with Crippen LogP contribution in [0.15, 0.2) is 42.6 Å². The molecular weight excluding hydrogens is 322 g/mol. The molecule has 1 heterocycles. The van der Waals surface area contributed by atoms with E-state index in [-0.39, 0.29) is 12.5 Å². The van der Waals surface area contributed by atoms with Gasteiger partial charge in [-0.15, -0.1) is 0 Å². The number of esters is 1. The van der Waals surface area contributed by atoms with Crippen LogP contribution >= 0.6 is 0 Å². The summed E-state index contributed by atoms with van der Waals surface area (Å²) in [6.45, 7) is 1.82. The number of ether oxygens (including phenoxy) is 2. The third-order valence-electron chi connectivity index (χ3n) is 3.22. The summed E-state index contributed by atoms with van der Waals surface area (Å²) in [6.07, 6.45) is 1.59. The lowest BCUT2D eigenvalue weighted by atomic mass is 10.2. The number of carbonyl (C=O) groups excluding carboxylic acids is 2. The van der Waals surface area contributed by atoms with Crippen molar-refractivity contribution in [2.75, 3.05) is 37.5 Å². The maximum Gasteiger partial charge on any atom is 0.344 e. The Morgan fingerprint density at radius 3 is 2.64 bits per heavy atom. The van der Waals surface area contributed by atoms with E-state index in [9.17, 15) is 9.59 Å². The monoisotopic (exact) mass is 343 g/mol. The minimum absolute atomic E-state index is 0.200. The van der Waals surface area contributed by atoms with Gasteiger partial charge in [0.2, 0.25) is 0 Å². The molecule has 1 aromatic heterocycles. The first-order valence-electron chi connectivity index (χ1n) is 7.83. The summed E-state index contributed by atoms with van der Waals surface area (Å²) in [5.74, 6) is 0.472. The van der Waals surface area contributed by atoms with Crippen LogP contribution < -0.4 is 15.0 Å². The van der Waals surface area contributed by atoms with Gasteiger partial charge in [0, 0.05) is 19.7 Å². The fourth-order valence-corrected chi connectivity index (χ4v) is 2.00. The number of hydrogen-bond donors (Lipinski definition) is 1. The predicted molar refractivity (Wildman–Crippen MR) is 95.1 cm³/mol. The first kappa shape index (κ1) is 18.3. The molecule has 0 bridgehead atoms. The molecule has 0 aliphatic rings. The van der Waals surface area contributed by atoms with Gasteiger partial charge in [0.1, 0.15) is 11.6 Å². The predicted octanol–water partition coefficient (Wildman–Crippen LogP) is 2.34. The third-order valence-corrected chi connectivity index (χ3v) is 3.22. The van der Waals surface area contributed by atoms with Crippen LogP contribution in [0.3, 0.4) is 0 Å². The highest BCUT2D eigenvalue weighted by molar-refractivity contribution is 6.04. The van der Waals surface area contributed by atoms with Crippen molar-refractivity contribution < 1.29 is 19.1 Å².